The molecular weight excluding hydrogens is 263 g/mol. The van der Waals surface area contributed by atoms with Crippen LogP contribution in [0.1, 0.15) is 18.3 Å². The van der Waals surface area contributed by atoms with E-state index in [0.717, 1.165) is 11.4 Å². The molecule has 2 rings (SSSR count). The number of imidazole rings is 1. The van der Waals surface area contributed by atoms with E-state index < -0.39 is 0 Å². The lowest BCUT2D eigenvalue weighted by Gasteiger charge is -2.09. The van der Waals surface area contributed by atoms with Gasteiger partial charge in [-0.15, -0.1) is 0 Å². The van der Waals surface area contributed by atoms with Gasteiger partial charge < -0.3 is 4.98 Å². The van der Waals surface area contributed by atoms with E-state index in [1.54, 1.807) is 6.33 Å². The molecule has 0 fully saturated rings. The Morgan fingerprint density at radius 2 is 2.17 bits per heavy atom. The Bertz CT molecular complexity index is 317. The van der Waals surface area contributed by atoms with Crippen molar-refractivity contribution in [3.05, 3.63) is 29.9 Å². The Morgan fingerprint density at radius 1 is 1.42 bits per heavy atom. The first-order valence-corrected chi connectivity index (χ1v) is 4.86. The number of aromatic amines is 1. The van der Waals surface area contributed by atoms with Gasteiger partial charge in [0.2, 0.25) is 0 Å². The molecule has 0 bridgehead atoms. The monoisotopic (exact) mass is 272 g/mol. The van der Waals surface area contributed by atoms with Crippen molar-refractivity contribution in [1.29, 1.82) is 0 Å². The van der Waals surface area contributed by atoms with E-state index in [1.807, 2.05) is 0 Å². The first-order valence-electron chi connectivity index (χ1n) is 3.78. The molecule has 0 aliphatic heterocycles. The van der Waals surface area contributed by atoms with Gasteiger partial charge in [0.15, 0.2) is 0 Å². The molecule has 0 amide bonds. The Kier molecular flexibility index (Phi) is 1.83. The van der Waals surface area contributed by atoms with Crippen molar-refractivity contribution in [1.82, 2.24) is 9.97 Å². The van der Waals surface area contributed by atoms with Gasteiger partial charge in [-0.25, -0.2) is 4.98 Å². The third-order valence-corrected chi connectivity index (χ3v) is 2.56. The van der Waals surface area contributed by atoms with Gasteiger partial charge in [0.25, 0.3) is 0 Å². The minimum Gasteiger partial charge on any atom is -0.345 e. The molecule has 62 valence electrons. The highest BCUT2D eigenvalue weighted by molar-refractivity contribution is 14.1. The number of nitrogens with one attached hydrogen (secondary N) is 1. The highest BCUT2D eigenvalue weighted by Gasteiger charge is 2.14. The Morgan fingerprint density at radius 3 is 3.00 bits per heavy atom. The second kappa shape index (κ2) is 2.73. The highest BCUT2D eigenvalue weighted by atomic mass is 127. The lowest BCUT2D eigenvalue weighted by atomic mass is 10.1. The summed E-state index contributed by atoms with van der Waals surface area (Å²) in [6.45, 7) is 2.16. The number of hydrogen-bond donors (Lipinski definition) is 1. The molecule has 0 radical (unpaired) electrons. The van der Waals surface area contributed by atoms with Gasteiger partial charge in [0.05, 0.1) is 21.1 Å². The van der Waals surface area contributed by atoms with Crippen LogP contribution in [0.5, 0.6) is 0 Å². The number of rotatable bonds is 0. The summed E-state index contributed by atoms with van der Waals surface area (Å²) in [6, 6.07) is 0. The third-order valence-electron chi connectivity index (χ3n) is 1.84. The van der Waals surface area contributed by atoms with Crippen LogP contribution < -0.4 is 0 Å². The van der Waals surface area contributed by atoms with E-state index in [1.165, 1.54) is 0 Å². The van der Waals surface area contributed by atoms with Crippen LogP contribution in [-0.2, 0) is 0 Å². The second-order valence-electron chi connectivity index (χ2n) is 3.02. The summed E-state index contributed by atoms with van der Waals surface area (Å²) < 4.78 is 0.110. The van der Waals surface area contributed by atoms with E-state index in [9.17, 15) is 0 Å². The number of fused-ring (bicyclic) bond motifs is 1. The van der Waals surface area contributed by atoms with Crippen molar-refractivity contribution >= 4 is 34.7 Å². The number of allylic oxidation sites excluding steroid dienone is 2. The average Bonchev–Trinajstić information content (AvgIpc) is 2.40. The molecule has 1 N–H and O–H groups in total. The summed E-state index contributed by atoms with van der Waals surface area (Å²) in [5.74, 6) is 0. The minimum atomic E-state index is 0.110. The molecule has 1 unspecified atom stereocenters. The smallest absolute Gasteiger partial charge is 0.0931 e. The van der Waals surface area contributed by atoms with Gasteiger partial charge in [-0.05, 0) is 19.1 Å². The maximum absolute atomic E-state index is 4.19. The predicted octanol–water partition coefficient (Wildman–Crippen LogP) is 2.64. The molecule has 0 aromatic carbocycles. The number of aromatic nitrogens is 2. The van der Waals surface area contributed by atoms with Crippen LogP contribution in [0, 0.1) is 0 Å². The SMILES string of the molecule is CC1(I)C=Cc2nc[nH]c2C=C1. The molecule has 1 aromatic heterocycles. The number of hydrogen-bond acceptors (Lipinski definition) is 1. The summed E-state index contributed by atoms with van der Waals surface area (Å²) in [5.41, 5.74) is 2.11. The van der Waals surface area contributed by atoms with Crippen molar-refractivity contribution in [2.45, 2.75) is 10.3 Å². The molecule has 1 atom stereocenters. The summed E-state index contributed by atoms with van der Waals surface area (Å²) in [6.07, 6.45) is 10.2. The van der Waals surface area contributed by atoms with E-state index >= 15 is 0 Å². The molecule has 1 aromatic rings. The van der Waals surface area contributed by atoms with Crippen molar-refractivity contribution < 1.29 is 0 Å². The fourth-order valence-electron chi connectivity index (χ4n) is 1.12. The van der Waals surface area contributed by atoms with Gasteiger partial charge in [-0.2, -0.15) is 0 Å². The van der Waals surface area contributed by atoms with Gasteiger partial charge in [-0.3, -0.25) is 0 Å². The molecule has 0 saturated heterocycles. The summed E-state index contributed by atoms with van der Waals surface area (Å²) >= 11 is 2.40. The lowest BCUT2D eigenvalue weighted by Crippen LogP contribution is -2.04. The molecule has 2 nitrogen and oxygen atoms in total. The molecule has 0 saturated carbocycles. The fourth-order valence-corrected chi connectivity index (χ4v) is 1.48. The fraction of sp³-hybridized carbons (Fsp3) is 0.222. The van der Waals surface area contributed by atoms with Crippen LogP contribution in [0.3, 0.4) is 0 Å². The molecule has 1 aliphatic rings. The number of H-pyrrole nitrogens is 1. The van der Waals surface area contributed by atoms with E-state index in [2.05, 4.69) is 63.8 Å². The summed E-state index contributed by atoms with van der Waals surface area (Å²) in [7, 11) is 0. The molecular formula is C9H9IN2. The maximum Gasteiger partial charge on any atom is 0.0931 e. The van der Waals surface area contributed by atoms with Gasteiger partial charge in [0.1, 0.15) is 0 Å². The summed E-state index contributed by atoms with van der Waals surface area (Å²) in [4.78, 5) is 7.27. The third kappa shape index (κ3) is 1.46. The normalized spacial score (nSPS) is 18.8. The first-order chi connectivity index (χ1) is 5.67. The van der Waals surface area contributed by atoms with Crippen LogP contribution in [0.2, 0.25) is 0 Å². The molecule has 0 spiro atoms. The van der Waals surface area contributed by atoms with Crippen LogP contribution in [0.4, 0.5) is 0 Å². The number of alkyl halides is 1. The lowest BCUT2D eigenvalue weighted by molar-refractivity contribution is 1.07. The van der Waals surface area contributed by atoms with Crippen LogP contribution in [0.15, 0.2) is 18.5 Å². The van der Waals surface area contributed by atoms with E-state index in [-0.39, 0.29) is 3.42 Å². The van der Waals surface area contributed by atoms with Gasteiger partial charge in [0, 0.05) is 0 Å². The largest absolute Gasteiger partial charge is 0.345 e. The predicted molar refractivity (Wildman–Crippen MR) is 59.1 cm³/mol. The van der Waals surface area contributed by atoms with Crippen molar-refractivity contribution in [2.75, 3.05) is 0 Å². The van der Waals surface area contributed by atoms with Crippen molar-refractivity contribution in [3.63, 3.8) is 0 Å². The molecule has 12 heavy (non-hydrogen) atoms. The maximum atomic E-state index is 4.19. The summed E-state index contributed by atoms with van der Waals surface area (Å²) in [5, 5.41) is 0. The number of halogens is 1. The molecule has 1 aliphatic carbocycles. The van der Waals surface area contributed by atoms with Crippen LogP contribution in [-0.4, -0.2) is 13.4 Å². The minimum absolute atomic E-state index is 0.110. The molecule has 3 heteroatoms. The zero-order valence-electron chi connectivity index (χ0n) is 6.71. The first kappa shape index (κ1) is 8.04. The number of nitrogens with zero attached hydrogens (tertiary/aromatic N) is 1. The second-order valence-corrected chi connectivity index (χ2v) is 5.34. The standard InChI is InChI=1S/C9H9IN2/c1-9(10)4-2-7-8(3-5-9)12-6-11-7/h2-6H,1H3,(H,11,12). The highest BCUT2D eigenvalue weighted by Crippen LogP contribution is 2.27. The average molecular weight is 272 g/mol. The van der Waals surface area contributed by atoms with Crippen LogP contribution in [0.25, 0.3) is 12.2 Å². The zero-order valence-corrected chi connectivity index (χ0v) is 8.87. The van der Waals surface area contributed by atoms with Crippen molar-refractivity contribution in [3.8, 4) is 0 Å². The Hall–Kier alpha value is -0.580. The quantitative estimate of drug-likeness (QED) is 0.571. The van der Waals surface area contributed by atoms with E-state index in [4.69, 9.17) is 0 Å². The van der Waals surface area contributed by atoms with E-state index in [0.29, 0.717) is 0 Å². The Labute approximate surface area is 84.9 Å². The van der Waals surface area contributed by atoms with Gasteiger partial charge >= 0.3 is 0 Å². The zero-order chi connectivity index (χ0) is 8.60. The van der Waals surface area contributed by atoms with Crippen LogP contribution >= 0.6 is 22.6 Å². The topological polar surface area (TPSA) is 28.7 Å². The molecule has 1 heterocycles. The van der Waals surface area contributed by atoms with Gasteiger partial charge in [-0.1, -0.05) is 34.7 Å². The Balaban J connectivity index is 2.49. The van der Waals surface area contributed by atoms with Crippen molar-refractivity contribution in [2.24, 2.45) is 0 Å².